The van der Waals surface area contributed by atoms with E-state index in [1.165, 1.54) is 35.0 Å². The minimum atomic E-state index is -4.44. The number of alkyl halides is 3. The monoisotopic (exact) mass is 392 g/mol. The van der Waals surface area contributed by atoms with Crippen LogP contribution in [0.2, 0.25) is 5.02 Å². The summed E-state index contributed by atoms with van der Waals surface area (Å²) in [6.07, 6.45) is -1.43. The van der Waals surface area contributed by atoms with Gasteiger partial charge in [-0.1, -0.05) is 17.7 Å². The van der Waals surface area contributed by atoms with Crippen molar-refractivity contribution in [1.82, 2.24) is 4.57 Å². The number of carbonyl (C=O) groups is 1. The van der Waals surface area contributed by atoms with E-state index in [4.69, 9.17) is 16.7 Å². The third-order valence-electron chi connectivity index (χ3n) is 3.76. The topological polar surface area (TPSA) is 54.6 Å². The Morgan fingerprint density at radius 1 is 1.11 bits per heavy atom. The minimum absolute atomic E-state index is 0.0276. The van der Waals surface area contributed by atoms with Crippen molar-refractivity contribution in [2.75, 3.05) is 0 Å². The zero-order valence-electron chi connectivity index (χ0n) is 13.6. The Kier molecular flexibility index (Phi) is 5.05. The minimum Gasteiger partial charge on any atom is -0.478 e. The molecule has 0 bridgehead atoms. The fourth-order valence-electron chi connectivity index (χ4n) is 2.45. The Hall–Kier alpha value is -3.06. The summed E-state index contributed by atoms with van der Waals surface area (Å²) in [5.74, 6) is -1.12. The van der Waals surface area contributed by atoms with Crippen LogP contribution in [0.25, 0.3) is 5.69 Å². The Morgan fingerprint density at radius 2 is 1.89 bits per heavy atom. The molecule has 3 aromatic rings. The highest BCUT2D eigenvalue weighted by molar-refractivity contribution is 6.33. The van der Waals surface area contributed by atoms with Gasteiger partial charge in [-0.05, 0) is 48.5 Å². The number of carboxylic acid groups (broad SMARTS) is 1. The van der Waals surface area contributed by atoms with Crippen molar-refractivity contribution in [2.45, 2.75) is 6.18 Å². The average molecular weight is 393 g/mol. The molecule has 1 N–H and O–H groups in total. The van der Waals surface area contributed by atoms with Crippen LogP contribution >= 0.6 is 11.6 Å². The number of aromatic nitrogens is 1. The molecule has 0 fully saturated rings. The molecule has 8 heteroatoms. The van der Waals surface area contributed by atoms with Gasteiger partial charge in [0.15, 0.2) is 0 Å². The SMILES string of the molecule is O=C(O)c1ccc(Cl)c(N=Cc2cccn2-c2cccc(C(F)(F)F)c2)c1. The molecule has 0 spiro atoms. The third-order valence-corrected chi connectivity index (χ3v) is 4.08. The van der Waals surface area contributed by atoms with Crippen LogP contribution in [0.3, 0.4) is 0 Å². The summed E-state index contributed by atoms with van der Waals surface area (Å²) < 4.78 is 40.3. The molecule has 0 atom stereocenters. The molecule has 0 aliphatic carbocycles. The molecule has 0 aliphatic rings. The fraction of sp³-hybridized carbons (Fsp3) is 0.0526. The Morgan fingerprint density at radius 3 is 2.59 bits per heavy atom. The number of rotatable bonds is 4. The summed E-state index contributed by atoms with van der Waals surface area (Å²) in [6.45, 7) is 0. The standard InChI is InChI=1S/C19H12ClF3N2O2/c20-16-7-6-12(18(26)27)9-17(16)24-11-15-5-2-8-25(15)14-4-1-3-13(10-14)19(21,22)23/h1-11H,(H,26,27). The fourth-order valence-corrected chi connectivity index (χ4v) is 2.61. The predicted molar refractivity (Wildman–Crippen MR) is 96.4 cm³/mol. The van der Waals surface area contributed by atoms with Crippen LogP contribution in [0.4, 0.5) is 18.9 Å². The molecule has 4 nitrogen and oxygen atoms in total. The summed E-state index contributed by atoms with van der Waals surface area (Å²) in [6, 6.07) is 12.3. The average Bonchev–Trinajstić information content (AvgIpc) is 3.09. The molecule has 1 heterocycles. The van der Waals surface area contributed by atoms with Gasteiger partial charge in [0, 0.05) is 11.9 Å². The van der Waals surface area contributed by atoms with E-state index in [0.29, 0.717) is 11.4 Å². The van der Waals surface area contributed by atoms with Gasteiger partial charge < -0.3 is 9.67 Å². The zero-order valence-corrected chi connectivity index (χ0v) is 14.4. The van der Waals surface area contributed by atoms with E-state index < -0.39 is 17.7 Å². The number of nitrogens with zero attached hydrogens (tertiary/aromatic N) is 2. The molecular formula is C19H12ClF3N2O2. The van der Waals surface area contributed by atoms with Gasteiger partial charge in [0.25, 0.3) is 0 Å². The highest BCUT2D eigenvalue weighted by atomic mass is 35.5. The molecule has 3 rings (SSSR count). The van der Waals surface area contributed by atoms with Crippen LogP contribution in [-0.4, -0.2) is 21.9 Å². The van der Waals surface area contributed by atoms with E-state index in [1.807, 2.05) is 0 Å². The maximum atomic E-state index is 12.9. The van der Waals surface area contributed by atoms with Gasteiger partial charge in [-0.15, -0.1) is 0 Å². The summed E-state index contributed by atoms with van der Waals surface area (Å²) in [4.78, 5) is 15.2. The number of hydrogen-bond acceptors (Lipinski definition) is 2. The molecule has 27 heavy (non-hydrogen) atoms. The van der Waals surface area contributed by atoms with Crippen LogP contribution in [0.5, 0.6) is 0 Å². The number of halogens is 4. The van der Waals surface area contributed by atoms with Crippen LogP contribution in [0.15, 0.2) is 65.8 Å². The number of aromatic carboxylic acids is 1. The first-order valence-corrected chi connectivity index (χ1v) is 8.05. The van der Waals surface area contributed by atoms with Gasteiger partial charge in [0.2, 0.25) is 0 Å². The highest BCUT2D eigenvalue weighted by Gasteiger charge is 2.30. The van der Waals surface area contributed by atoms with Crippen molar-refractivity contribution in [3.8, 4) is 5.69 Å². The lowest BCUT2D eigenvalue weighted by Crippen LogP contribution is -2.06. The van der Waals surface area contributed by atoms with Crippen molar-refractivity contribution in [2.24, 2.45) is 4.99 Å². The van der Waals surface area contributed by atoms with Crippen molar-refractivity contribution in [3.05, 3.63) is 82.6 Å². The molecule has 0 amide bonds. The third kappa shape index (κ3) is 4.20. The smallest absolute Gasteiger partial charge is 0.416 e. The molecule has 138 valence electrons. The first-order chi connectivity index (χ1) is 12.8. The normalized spacial score (nSPS) is 11.9. The zero-order chi connectivity index (χ0) is 19.6. The summed E-state index contributed by atoms with van der Waals surface area (Å²) in [7, 11) is 0. The lowest BCUT2D eigenvalue weighted by Gasteiger charge is -2.11. The quantitative estimate of drug-likeness (QED) is 0.588. The van der Waals surface area contributed by atoms with E-state index >= 15 is 0 Å². The van der Waals surface area contributed by atoms with Gasteiger partial charge >= 0.3 is 12.1 Å². The maximum Gasteiger partial charge on any atom is 0.416 e. The van der Waals surface area contributed by atoms with E-state index in [1.54, 1.807) is 24.4 Å². The Balaban J connectivity index is 1.96. The van der Waals surface area contributed by atoms with Crippen LogP contribution in [0.1, 0.15) is 21.6 Å². The van der Waals surface area contributed by atoms with Crippen molar-refractivity contribution < 1.29 is 23.1 Å². The number of carboxylic acids is 1. The lowest BCUT2D eigenvalue weighted by atomic mass is 10.2. The summed E-state index contributed by atoms with van der Waals surface area (Å²) >= 11 is 6.03. The van der Waals surface area contributed by atoms with Gasteiger partial charge in [-0.3, -0.25) is 4.99 Å². The molecule has 2 aromatic carbocycles. The van der Waals surface area contributed by atoms with E-state index in [-0.39, 0.29) is 16.3 Å². The Labute approximate surface area is 157 Å². The van der Waals surface area contributed by atoms with Gasteiger partial charge in [-0.2, -0.15) is 13.2 Å². The maximum absolute atomic E-state index is 12.9. The van der Waals surface area contributed by atoms with Crippen molar-refractivity contribution in [1.29, 1.82) is 0 Å². The second kappa shape index (κ2) is 7.28. The number of aliphatic imine (C=N–C) groups is 1. The van der Waals surface area contributed by atoms with Crippen LogP contribution in [-0.2, 0) is 6.18 Å². The van der Waals surface area contributed by atoms with E-state index in [0.717, 1.165) is 12.1 Å². The van der Waals surface area contributed by atoms with Crippen molar-refractivity contribution in [3.63, 3.8) is 0 Å². The van der Waals surface area contributed by atoms with Crippen LogP contribution in [0, 0.1) is 0 Å². The Bertz CT molecular complexity index is 1030. The van der Waals surface area contributed by atoms with E-state index in [2.05, 4.69) is 4.99 Å². The number of benzene rings is 2. The van der Waals surface area contributed by atoms with E-state index in [9.17, 15) is 18.0 Å². The predicted octanol–water partition coefficient (Wildman–Crippen LogP) is 5.60. The van der Waals surface area contributed by atoms with Crippen LogP contribution < -0.4 is 0 Å². The molecule has 1 aromatic heterocycles. The number of hydrogen-bond donors (Lipinski definition) is 1. The first-order valence-electron chi connectivity index (χ1n) is 7.67. The highest BCUT2D eigenvalue weighted by Crippen LogP contribution is 2.31. The second-order valence-corrected chi connectivity index (χ2v) is 5.99. The molecular weight excluding hydrogens is 381 g/mol. The lowest BCUT2D eigenvalue weighted by molar-refractivity contribution is -0.137. The summed E-state index contributed by atoms with van der Waals surface area (Å²) in [5, 5.41) is 9.30. The van der Waals surface area contributed by atoms with Gasteiger partial charge in [0.05, 0.1) is 33.7 Å². The van der Waals surface area contributed by atoms with Gasteiger partial charge in [-0.25, -0.2) is 4.79 Å². The molecule has 0 saturated heterocycles. The summed E-state index contributed by atoms with van der Waals surface area (Å²) in [5.41, 5.74) is 0.342. The largest absolute Gasteiger partial charge is 0.478 e. The first kappa shape index (κ1) is 18.7. The molecule has 0 radical (unpaired) electrons. The second-order valence-electron chi connectivity index (χ2n) is 5.58. The molecule has 0 saturated carbocycles. The van der Waals surface area contributed by atoms with Crippen molar-refractivity contribution >= 4 is 29.5 Å². The molecule has 0 unspecified atom stereocenters. The molecule has 0 aliphatic heterocycles. The van der Waals surface area contributed by atoms with Gasteiger partial charge in [0.1, 0.15) is 0 Å².